The molecule has 0 bridgehead atoms. The highest BCUT2D eigenvalue weighted by atomic mass is 32.1. The fourth-order valence-electron chi connectivity index (χ4n) is 3.42. The van der Waals surface area contributed by atoms with E-state index in [-0.39, 0.29) is 6.03 Å². The number of amides is 2. The van der Waals surface area contributed by atoms with Gasteiger partial charge in [0.05, 0.1) is 18.5 Å². The summed E-state index contributed by atoms with van der Waals surface area (Å²) >= 11 is 1.52. The quantitative estimate of drug-likeness (QED) is 0.536. The van der Waals surface area contributed by atoms with Crippen molar-refractivity contribution >= 4 is 23.3 Å². The number of aliphatic carboxylic acids is 1. The summed E-state index contributed by atoms with van der Waals surface area (Å²) in [7, 11) is 2.13. The normalized spacial score (nSPS) is 16.3. The maximum absolute atomic E-state index is 12.7. The highest BCUT2D eigenvalue weighted by Gasteiger charge is 2.38. The van der Waals surface area contributed by atoms with Crippen LogP contribution in [0.25, 0.3) is 10.8 Å². The molecule has 1 aromatic carbocycles. The number of furan rings is 1. The van der Waals surface area contributed by atoms with Crippen LogP contribution >= 0.6 is 11.3 Å². The van der Waals surface area contributed by atoms with Gasteiger partial charge in [-0.3, -0.25) is 4.90 Å². The molecule has 1 unspecified atom stereocenters. The molecule has 1 saturated heterocycles. The van der Waals surface area contributed by atoms with Crippen LogP contribution in [0.5, 0.6) is 0 Å². The van der Waals surface area contributed by atoms with Gasteiger partial charge in [0.25, 0.3) is 0 Å². The van der Waals surface area contributed by atoms with Crippen LogP contribution in [-0.2, 0) is 17.8 Å². The second kappa shape index (κ2) is 11.8. The number of hydrogen-bond acceptors (Lipinski definition) is 6. The minimum atomic E-state index is -5.08. The Balaban J connectivity index is 0.000000429. The van der Waals surface area contributed by atoms with Crippen molar-refractivity contribution in [3.05, 3.63) is 65.4 Å². The van der Waals surface area contributed by atoms with Crippen LogP contribution in [-0.4, -0.2) is 70.8 Å². The summed E-state index contributed by atoms with van der Waals surface area (Å²) in [5, 5.41) is 12.9. The second-order valence-corrected chi connectivity index (χ2v) is 8.71. The van der Waals surface area contributed by atoms with Gasteiger partial charge in [0.1, 0.15) is 0 Å². The number of carboxylic acids is 1. The first-order valence-corrected chi connectivity index (χ1v) is 11.6. The maximum Gasteiger partial charge on any atom is 0.490 e. The largest absolute Gasteiger partial charge is 0.490 e. The number of rotatable bonds is 5. The Morgan fingerprint density at radius 3 is 2.54 bits per heavy atom. The summed E-state index contributed by atoms with van der Waals surface area (Å²) in [5.74, 6) is -2.00. The van der Waals surface area contributed by atoms with Crippen LogP contribution < -0.4 is 5.32 Å². The monoisotopic (exact) mass is 510 g/mol. The first-order valence-electron chi connectivity index (χ1n) is 10.7. The molecule has 35 heavy (non-hydrogen) atoms. The number of thiazole rings is 1. The van der Waals surface area contributed by atoms with Gasteiger partial charge in [0.2, 0.25) is 0 Å². The van der Waals surface area contributed by atoms with E-state index in [1.807, 2.05) is 28.5 Å². The van der Waals surface area contributed by atoms with Crippen molar-refractivity contribution in [1.29, 1.82) is 0 Å². The minimum Gasteiger partial charge on any atom is -0.475 e. The third-order valence-corrected chi connectivity index (χ3v) is 6.23. The average Bonchev–Trinajstić information content (AvgIpc) is 3.51. The highest BCUT2D eigenvalue weighted by Crippen LogP contribution is 2.24. The molecule has 8 nitrogen and oxygen atoms in total. The first-order chi connectivity index (χ1) is 16.6. The van der Waals surface area contributed by atoms with Crippen molar-refractivity contribution in [1.82, 2.24) is 20.1 Å². The minimum absolute atomic E-state index is 0.0290. The zero-order valence-corrected chi connectivity index (χ0v) is 19.7. The third-order valence-electron chi connectivity index (χ3n) is 5.33. The Labute approximate surface area is 204 Å². The number of benzene rings is 1. The lowest BCUT2D eigenvalue weighted by Gasteiger charge is -2.39. The highest BCUT2D eigenvalue weighted by molar-refractivity contribution is 7.13. The zero-order valence-electron chi connectivity index (χ0n) is 18.9. The summed E-state index contributed by atoms with van der Waals surface area (Å²) < 4.78 is 37.1. The molecule has 0 aliphatic carbocycles. The molecular weight excluding hydrogens is 485 g/mol. The Bertz CT molecular complexity index is 1090. The zero-order chi connectivity index (χ0) is 25.4. The average molecular weight is 511 g/mol. The Hall–Kier alpha value is -3.38. The van der Waals surface area contributed by atoms with Crippen molar-refractivity contribution in [2.75, 3.05) is 26.7 Å². The van der Waals surface area contributed by atoms with Gasteiger partial charge in [-0.2, -0.15) is 13.2 Å². The van der Waals surface area contributed by atoms with Gasteiger partial charge in [-0.25, -0.2) is 14.6 Å². The smallest absolute Gasteiger partial charge is 0.475 e. The van der Waals surface area contributed by atoms with Gasteiger partial charge in [-0.15, -0.1) is 11.3 Å². The standard InChI is InChI=1S/C21H24N4O2S.C2HF3O2/c1-24-9-10-25(14-18(24)12-16-6-3-2-4-7-16)21(26)22-13-17-15-28-20(23-17)19-8-5-11-27-19;3-2(4,5)1(6)7/h2-8,11,15,18H,9-10,12-14H2,1H3,(H,22,26);(H,6,7). The van der Waals surface area contributed by atoms with E-state index in [0.717, 1.165) is 42.5 Å². The summed E-state index contributed by atoms with van der Waals surface area (Å²) in [6, 6.07) is 14.5. The number of hydrogen-bond donors (Lipinski definition) is 2. The molecule has 2 amide bonds. The van der Waals surface area contributed by atoms with Crippen LogP contribution in [0.4, 0.5) is 18.0 Å². The first kappa shape index (κ1) is 26.2. The Morgan fingerprint density at radius 2 is 1.91 bits per heavy atom. The molecule has 1 aliphatic heterocycles. The summed E-state index contributed by atoms with van der Waals surface area (Å²) in [5.41, 5.74) is 2.15. The molecule has 0 saturated carbocycles. The number of piperazine rings is 1. The van der Waals surface area contributed by atoms with Crippen LogP contribution in [0.15, 0.2) is 58.5 Å². The molecule has 4 rings (SSSR count). The number of alkyl halides is 3. The summed E-state index contributed by atoms with van der Waals surface area (Å²) in [6.45, 7) is 2.77. The number of likely N-dealkylation sites (N-methyl/N-ethyl adjacent to an activating group) is 1. The lowest BCUT2D eigenvalue weighted by atomic mass is 10.0. The molecule has 1 fully saturated rings. The summed E-state index contributed by atoms with van der Waals surface area (Å²) in [6.07, 6.45) is -2.50. The lowest BCUT2D eigenvalue weighted by Crippen LogP contribution is -2.56. The predicted octanol–water partition coefficient (Wildman–Crippen LogP) is 4.10. The van der Waals surface area contributed by atoms with Crippen molar-refractivity contribution in [2.45, 2.75) is 25.2 Å². The number of carbonyl (C=O) groups is 2. The van der Waals surface area contributed by atoms with E-state index in [4.69, 9.17) is 14.3 Å². The third kappa shape index (κ3) is 7.82. The Morgan fingerprint density at radius 1 is 1.20 bits per heavy atom. The lowest BCUT2D eigenvalue weighted by molar-refractivity contribution is -0.192. The van der Waals surface area contributed by atoms with E-state index in [0.29, 0.717) is 12.6 Å². The maximum atomic E-state index is 12.7. The number of aromatic nitrogens is 1. The molecule has 1 atom stereocenters. The number of carbonyl (C=O) groups excluding carboxylic acids is 1. The van der Waals surface area contributed by atoms with E-state index in [9.17, 15) is 18.0 Å². The van der Waals surface area contributed by atoms with Crippen LogP contribution in [0.2, 0.25) is 0 Å². The molecule has 3 aromatic rings. The van der Waals surface area contributed by atoms with Crippen LogP contribution in [0.3, 0.4) is 0 Å². The molecule has 188 valence electrons. The number of nitrogens with one attached hydrogen (secondary N) is 1. The van der Waals surface area contributed by atoms with Crippen molar-refractivity contribution in [3.63, 3.8) is 0 Å². The number of halogens is 3. The van der Waals surface area contributed by atoms with Crippen LogP contribution in [0, 0.1) is 0 Å². The second-order valence-electron chi connectivity index (χ2n) is 7.85. The van der Waals surface area contributed by atoms with E-state index in [1.54, 1.807) is 6.26 Å². The van der Waals surface area contributed by atoms with E-state index >= 15 is 0 Å². The molecule has 0 spiro atoms. The Kier molecular flexibility index (Phi) is 8.88. The van der Waals surface area contributed by atoms with E-state index in [2.05, 4.69) is 46.5 Å². The molecule has 2 aromatic heterocycles. The molecule has 0 radical (unpaired) electrons. The number of carboxylic acid groups (broad SMARTS) is 1. The molecule has 2 N–H and O–H groups in total. The van der Waals surface area contributed by atoms with Gasteiger partial charge in [0.15, 0.2) is 10.8 Å². The van der Waals surface area contributed by atoms with Crippen molar-refractivity contribution in [2.24, 2.45) is 0 Å². The fourth-order valence-corrected chi connectivity index (χ4v) is 4.20. The molecule has 1 aliphatic rings. The van der Waals surface area contributed by atoms with Crippen LogP contribution in [0.1, 0.15) is 11.3 Å². The number of nitrogens with zero attached hydrogens (tertiary/aromatic N) is 3. The predicted molar refractivity (Wildman–Crippen MR) is 124 cm³/mol. The number of urea groups is 1. The van der Waals surface area contributed by atoms with E-state index in [1.165, 1.54) is 16.9 Å². The van der Waals surface area contributed by atoms with Gasteiger partial charge in [0, 0.05) is 31.1 Å². The van der Waals surface area contributed by atoms with Gasteiger partial charge >= 0.3 is 18.2 Å². The SMILES string of the molecule is CN1CCN(C(=O)NCc2csc(-c3ccco3)n2)CC1Cc1ccccc1.O=C(O)C(F)(F)F. The topological polar surface area (TPSA) is 98.9 Å². The van der Waals surface area contributed by atoms with Crippen molar-refractivity contribution < 1.29 is 32.3 Å². The van der Waals surface area contributed by atoms with Gasteiger partial charge in [-0.05, 0) is 31.2 Å². The summed E-state index contributed by atoms with van der Waals surface area (Å²) in [4.78, 5) is 30.3. The van der Waals surface area contributed by atoms with Gasteiger partial charge < -0.3 is 19.7 Å². The molecule has 3 heterocycles. The van der Waals surface area contributed by atoms with E-state index < -0.39 is 12.1 Å². The molecule has 12 heteroatoms. The van der Waals surface area contributed by atoms with Gasteiger partial charge in [-0.1, -0.05) is 30.3 Å². The van der Waals surface area contributed by atoms with Crippen molar-refractivity contribution in [3.8, 4) is 10.8 Å². The molecular formula is C23H25F3N4O4S. The fraction of sp³-hybridized carbons (Fsp3) is 0.348.